The summed E-state index contributed by atoms with van der Waals surface area (Å²) in [5.41, 5.74) is 6.07. The molecule has 3 rings (SSSR count). The van der Waals surface area contributed by atoms with Crippen LogP contribution in [0.4, 0.5) is 5.69 Å². The van der Waals surface area contributed by atoms with Crippen LogP contribution in [-0.2, 0) is 9.84 Å². The van der Waals surface area contributed by atoms with Crippen molar-refractivity contribution in [2.75, 3.05) is 5.73 Å². The summed E-state index contributed by atoms with van der Waals surface area (Å²) in [4.78, 5) is 0.435. The molecule has 0 saturated carbocycles. The summed E-state index contributed by atoms with van der Waals surface area (Å²) in [5.74, 6) is 0. The monoisotopic (exact) mass is 283 g/mol. The average molecular weight is 283 g/mol. The number of para-hydroxylation sites is 1. The van der Waals surface area contributed by atoms with Gasteiger partial charge in [-0.15, -0.1) is 0 Å². The van der Waals surface area contributed by atoms with Crippen LogP contribution >= 0.6 is 0 Å². The number of hydrogen-bond donors (Lipinski definition) is 1. The van der Waals surface area contributed by atoms with E-state index in [0.717, 1.165) is 5.39 Å². The molecule has 0 radical (unpaired) electrons. The Morgan fingerprint density at radius 1 is 0.700 bits per heavy atom. The van der Waals surface area contributed by atoms with Gasteiger partial charge in [-0.05, 0) is 23.6 Å². The van der Waals surface area contributed by atoms with Gasteiger partial charge in [0.1, 0.15) is 0 Å². The molecule has 0 spiro atoms. The van der Waals surface area contributed by atoms with Gasteiger partial charge in [0.05, 0.1) is 15.5 Å². The van der Waals surface area contributed by atoms with E-state index in [4.69, 9.17) is 5.73 Å². The number of sulfone groups is 1. The molecule has 0 aliphatic rings. The molecule has 0 bridgehead atoms. The lowest BCUT2D eigenvalue weighted by molar-refractivity contribution is 0.597. The molecule has 0 aliphatic heterocycles. The van der Waals surface area contributed by atoms with Gasteiger partial charge in [0.2, 0.25) is 9.84 Å². The predicted octanol–water partition coefficient (Wildman–Crippen LogP) is 3.25. The second kappa shape index (κ2) is 4.65. The minimum atomic E-state index is -3.62. The molecule has 0 unspecified atom stereocenters. The van der Waals surface area contributed by atoms with Crippen molar-refractivity contribution in [1.29, 1.82) is 0 Å². The van der Waals surface area contributed by atoms with Crippen LogP contribution in [0.2, 0.25) is 0 Å². The number of fused-ring (bicyclic) bond motifs is 1. The Balaban J connectivity index is 2.33. The molecule has 0 aliphatic carbocycles. The molecule has 2 N–H and O–H groups in total. The standard InChI is InChI=1S/C16H13NO2S/c17-14-9-3-4-10-16(14)20(18,19)15-11-5-7-12-6-1-2-8-13(12)15/h1-11H,17H2. The molecule has 0 heterocycles. The lowest BCUT2D eigenvalue weighted by atomic mass is 10.1. The van der Waals surface area contributed by atoms with Crippen LogP contribution in [0.1, 0.15) is 0 Å². The number of anilines is 1. The summed E-state index contributed by atoms with van der Waals surface area (Å²) in [5, 5.41) is 1.60. The number of benzene rings is 3. The van der Waals surface area contributed by atoms with E-state index in [-0.39, 0.29) is 15.5 Å². The number of rotatable bonds is 2. The third-order valence-electron chi connectivity index (χ3n) is 3.25. The summed E-state index contributed by atoms with van der Waals surface area (Å²) in [6.45, 7) is 0. The highest BCUT2D eigenvalue weighted by molar-refractivity contribution is 7.92. The molecule has 0 amide bonds. The van der Waals surface area contributed by atoms with Crippen molar-refractivity contribution in [1.82, 2.24) is 0 Å². The van der Waals surface area contributed by atoms with Gasteiger partial charge in [0.25, 0.3) is 0 Å². The first kappa shape index (κ1) is 12.7. The normalized spacial score (nSPS) is 11.6. The second-order valence-electron chi connectivity index (χ2n) is 4.52. The smallest absolute Gasteiger partial charge is 0.209 e. The maximum Gasteiger partial charge on any atom is 0.209 e. The fourth-order valence-electron chi connectivity index (χ4n) is 2.27. The molecule has 0 atom stereocenters. The molecule has 0 aromatic heterocycles. The molecule has 0 saturated heterocycles. The summed E-state index contributed by atoms with van der Waals surface area (Å²) in [6.07, 6.45) is 0. The van der Waals surface area contributed by atoms with Crippen LogP contribution in [0.3, 0.4) is 0 Å². The SMILES string of the molecule is Nc1ccccc1S(=O)(=O)c1cccc2ccccc12. The molecule has 100 valence electrons. The summed E-state index contributed by atoms with van der Waals surface area (Å²) in [6, 6.07) is 19.2. The number of hydrogen-bond acceptors (Lipinski definition) is 3. The quantitative estimate of drug-likeness (QED) is 0.734. The lowest BCUT2D eigenvalue weighted by Crippen LogP contribution is -2.06. The predicted molar refractivity (Wildman–Crippen MR) is 80.3 cm³/mol. The number of nitrogens with two attached hydrogens (primary N) is 1. The maximum absolute atomic E-state index is 12.8. The van der Waals surface area contributed by atoms with Gasteiger partial charge in [-0.3, -0.25) is 0 Å². The van der Waals surface area contributed by atoms with Gasteiger partial charge < -0.3 is 5.73 Å². The zero-order valence-electron chi connectivity index (χ0n) is 10.7. The Morgan fingerprint density at radius 2 is 1.30 bits per heavy atom. The van der Waals surface area contributed by atoms with Crippen LogP contribution in [0.5, 0.6) is 0 Å². The van der Waals surface area contributed by atoms with Crippen molar-refractivity contribution in [3.8, 4) is 0 Å². The van der Waals surface area contributed by atoms with E-state index >= 15 is 0 Å². The van der Waals surface area contributed by atoms with Crippen LogP contribution < -0.4 is 5.73 Å². The molecular formula is C16H13NO2S. The molecule has 0 fully saturated rings. The fourth-order valence-corrected chi connectivity index (χ4v) is 3.88. The van der Waals surface area contributed by atoms with Crippen molar-refractivity contribution < 1.29 is 8.42 Å². The van der Waals surface area contributed by atoms with Gasteiger partial charge in [0.15, 0.2) is 0 Å². The minimum absolute atomic E-state index is 0.149. The number of nitrogen functional groups attached to an aromatic ring is 1. The van der Waals surface area contributed by atoms with E-state index in [2.05, 4.69) is 0 Å². The van der Waals surface area contributed by atoms with Crippen LogP contribution in [0.15, 0.2) is 76.5 Å². The Morgan fingerprint density at radius 3 is 2.10 bits per heavy atom. The van der Waals surface area contributed by atoms with Crippen LogP contribution in [0.25, 0.3) is 10.8 Å². The highest BCUT2D eigenvalue weighted by Gasteiger charge is 2.21. The van der Waals surface area contributed by atoms with Gasteiger partial charge in [0, 0.05) is 5.39 Å². The fraction of sp³-hybridized carbons (Fsp3) is 0. The molecule has 3 aromatic carbocycles. The first-order valence-corrected chi connectivity index (χ1v) is 7.66. The Bertz CT molecular complexity index is 880. The van der Waals surface area contributed by atoms with E-state index in [1.165, 1.54) is 6.07 Å². The largest absolute Gasteiger partial charge is 0.398 e. The molecule has 4 heteroatoms. The van der Waals surface area contributed by atoms with Crippen molar-refractivity contribution in [3.63, 3.8) is 0 Å². The lowest BCUT2D eigenvalue weighted by Gasteiger charge is -2.10. The van der Waals surface area contributed by atoms with Gasteiger partial charge >= 0.3 is 0 Å². The first-order chi connectivity index (χ1) is 9.60. The molecule has 3 aromatic rings. The maximum atomic E-state index is 12.8. The minimum Gasteiger partial charge on any atom is -0.398 e. The topological polar surface area (TPSA) is 60.2 Å². The zero-order chi connectivity index (χ0) is 14.2. The summed E-state index contributed by atoms with van der Waals surface area (Å²) in [7, 11) is -3.62. The van der Waals surface area contributed by atoms with Crippen molar-refractivity contribution in [2.24, 2.45) is 0 Å². The van der Waals surface area contributed by atoms with E-state index < -0.39 is 9.84 Å². The van der Waals surface area contributed by atoms with E-state index in [0.29, 0.717) is 5.39 Å². The third kappa shape index (κ3) is 1.94. The van der Waals surface area contributed by atoms with Crippen molar-refractivity contribution in [3.05, 3.63) is 66.7 Å². The second-order valence-corrected chi connectivity index (χ2v) is 6.41. The Kier molecular flexibility index (Phi) is 2.95. The Hall–Kier alpha value is -2.33. The van der Waals surface area contributed by atoms with Crippen LogP contribution in [-0.4, -0.2) is 8.42 Å². The molecule has 3 nitrogen and oxygen atoms in total. The van der Waals surface area contributed by atoms with Crippen LogP contribution in [0, 0.1) is 0 Å². The summed E-state index contributed by atoms with van der Waals surface area (Å²) < 4.78 is 25.6. The average Bonchev–Trinajstić information content (AvgIpc) is 2.47. The Labute approximate surface area is 117 Å². The highest BCUT2D eigenvalue weighted by atomic mass is 32.2. The highest BCUT2D eigenvalue weighted by Crippen LogP contribution is 2.30. The first-order valence-electron chi connectivity index (χ1n) is 6.18. The van der Waals surface area contributed by atoms with E-state index in [1.807, 2.05) is 24.3 Å². The zero-order valence-corrected chi connectivity index (χ0v) is 11.5. The molecular weight excluding hydrogens is 270 g/mol. The van der Waals surface area contributed by atoms with Gasteiger partial charge in [-0.25, -0.2) is 8.42 Å². The van der Waals surface area contributed by atoms with Crippen molar-refractivity contribution >= 4 is 26.3 Å². The van der Waals surface area contributed by atoms with E-state index in [1.54, 1.807) is 36.4 Å². The summed E-state index contributed by atoms with van der Waals surface area (Å²) >= 11 is 0. The van der Waals surface area contributed by atoms with E-state index in [9.17, 15) is 8.42 Å². The van der Waals surface area contributed by atoms with Crippen molar-refractivity contribution in [2.45, 2.75) is 9.79 Å². The third-order valence-corrected chi connectivity index (χ3v) is 5.13. The van der Waals surface area contributed by atoms with Gasteiger partial charge in [-0.1, -0.05) is 48.5 Å². The van der Waals surface area contributed by atoms with Gasteiger partial charge in [-0.2, -0.15) is 0 Å². The molecule has 20 heavy (non-hydrogen) atoms.